The van der Waals surface area contributed by atoms with Crippen LogP contribution in [0.5, 0.6) is 0 Å². The Bertz CT molecular complexity index is 1180. The number of rotatable bonds is 3. The van der Waals surface area contributed by atoms with E-state index in [2.05, 4.69) is 80.6 Å². The first-order valence-corrected chi connectivity index (χ1v) is 9.75. The van der Waals surface area contributed by atoms with Gasteiger partial charge in [0.2, 0.25) is 0 Å². The second-order valence-electron chi connectivity index (χ2n) is 7.51. The minimum absolute atomic E-state index is 0. The van der Waals surface area contributed by atoms with Crippen molar-refractivity contribution in [2.24, 2.45) is 0 Å². The largest absolute Gasteiger partial charge is 0.456 e. The van der Waals surface area contributed by atoms with Crippen molar-refractivity contribution in [3.05, 3.63) is 107 Å². The Morgan fingerprint density at radius 2 is 1.34 bits per heavy atom. The summed E-state index contributed by atoms with van der Waals surface area (Å²) in [6, 6.07) is 27.5. The molecule has 0 radical (unpaired) electrons. The molecule has 1 aliphatic rings. The van der Waals surface area contributed by atoms with Crippen molar-refractivity contribution in [1.82, 2.24) is 0 Å². The molecule has 3 aromatic carbocycles. The Balaban J connectivity index is 0.00000205. The summed E-state index contributed by atoms with van der Waals surface area (Å²) >= 11 is 0. The van der Waals surface area contributed by atoms with Gasteiger partial charge in [-0.15, -0.1) is 0 Å². The molecule has 1 nitrogen and oxygen atoms in total. The first kappa shape index (κ1) is 19.9. The minimum atomic E-state index is 0. The van der Waals surface area contributed by atoms with Crippen molar-refractivity contribution in [3.8, 4) is 22.5 Å². The van der Waals surface area contributed by atoms with Gasteiger partial charge in [0, 0.05) is 38.2 Å². The number of allylic oxidation sites excluding steroid dienone is 1. The second kappa shape index (κ2) is 8.13. The molecular weight excluding hydrogens is 432 g/mol. The van der Waals surface area contributed by atoms with E-state index in [1.807, 2.05) is 18.2 Å². The van der Waals surface area contributed by atoms with Crippen molar-refractivity contribution in [2.75, 3.05) is 0 Å². The van der Waals surface area contributed by atoms with Gasteiger partial charge in [-0.3, -0.25) is 0 Å². The Kier molecular flexibility index (Phi) is 5.57. The van der Waals surface area contributed by atoms with Crippen LogP contribution in [0, 0.1) is 13.8 Å². The molecule has 4 aromatic rings. The molecule has 0 atom stereocenters. The van der Waals surface area contributed by atoms with Crippen molar-refractivity contribution in [3.63, 3.8) is 0 Å². The first-order valence-electron chi connectivity index (χ1n) is 9.75. The van der Waals surface area contributed by atoms with E-state index in [4.69, 9.17) is 4.42 Å². The topological polar surface area (TPSA) is 13.1 Å². The predicted molar refractivity (Wildman–Crippen MR) is 117 cm³/mol. The van der Waals surface area contributed by atoms with Gasteiger partial charge >= 0.3 is 0 Å². The summed E-state index contributed by atoms with van der Waals surface area (Å²) in [4.78, 5) is 0. The monoisotopic (exact) mass is 452 g/mol. The molecule has 0 unspecified atom stereocenters. The summed E-state index contributed by atoms with van der Waals surface area (Å²) in [5.74, 6) is 1.88. The fourth-order valence-corrected chi connectivity index (χ4v) is 4.15. The van der Waals surface area contributed by atoms with Crippen molar-refractivity contribution in [2.45, 2.75) is 20.3 Å². The molecule has 1 aromatic heterocycles. The maximum atomic E-state index is 6.22. The van der Waals surface area contributed by atoms with Gasteiger partial charge in [-0.05, 0) is 71.0 Å². The van der Waals surface area contributed by atoms with Crippen LogP contribution in [0.15, 0.2) is 83.3 Å². The van der Waals surface area contributed by atoms with Gasteiger partial charge in [0.15, 0.2) is 0 Å². The number of furan rings is 1. The average molecular weight is 454 g/mol. The second-order valence-corrected chi connectivity index (χ2v) is 7.51. The standard InChI is InChI=1S/C27H22O.Zr/c1-18-15-22-16-23(26-14-13-25(28-26)20-9-5-3-6-10-20)17-24(22)27(19(18)2)21-11-7-4-8-12-21;/h3-15,17H,16H2,1-2H3;. The Morgan fingerprint density at radius 3 is 2.03 bits per heavy atom. The van der Waals surface area contributed by atoms with Gasteiger partial charge in [-0.2, -0.15) is 0 Å². The normalized spacial score (nSPS) is 12.3. The maximum absolute atomic E-state index is 6.22. The van der Waals surface area contributed by atoms with Gasteiger partial charge in [-0.25, -0.2) is 0 Å². The van der Waals surface area contributed by atoms with Gasteiger partial charge in [0.1, 0.15) is 11.5 Å². The van der Waals surface area contributed by atoms with Crippen LogP contribution < -0.4 is 0 Å². The van der Waals surface area contributed by atoms with Crippen LogP contribution in [0.1, 0.15) is 28.0 Å². The summed E-state index contributed by atoms with van der Waals surface area (Å²) in [6.45, 7) is 4.44. The van der Waals surface area contributed by atoms with Crippen LogP contribution in [0.3, 0.4) is 0 Å². The van der Waals surface area contributed by atoms with Crippen LogP contribution >= 0.6 is 0 Å². The third-order valence-corrected chi connectivity index (χ3v) is 5.72. The van der Waals surface area contributed by atoms with Crippen LogP contribution in [-0.2, 0) is 32.6 Å². The molecule has 0 N–H and O–H groups in total. The van der Waals surface area contributed by atoms with Gasteiger partial charge in [-0.1, -0.05) is 66.7 Å². The van der Waals surface area contributed by atoms with Gasteiger partial charge in [0.05, 0.1) is 0 Å². The van der Waals surface area contributed by atoms with Crippen molar-refractivity contribution < 1.29 is 30.6 Å². The molecule has 0 aliphatic heterocycles. The number of aryl methyl sites for hydroxylation is 1. The van der Waals surface area contributed by atoms with E-state index in [9.17, 15) is 0 Å². The van der Waals surface area contributed by atoms with E-state index >= 15 is 0 Å². The SMILES string of the molecule is Cc1cc2c(c(-c3ccccc3)c1C)C=C(c1ccc(-c3ccccc3)o1)C2.[Zr]. The number of hydrogen-bond acceptors (Lipinski definition) is 1. The molecule has 0 fully saturated rings. The summed E-state index contributed by atoms with van der Waals surface area (Å²) < 4.78 is 6.22. The van der Waals surface area contributed by atoms with E-state index in [1.54, 1.807) is 0 Å². The number of benzene rings is 3. The summed E-state index contributed by atoms with van der Waals surface area (Å²) in [6.07, 6.45) is 3.23. The van der Waals surface area contributed by atoms with Crippen molar-refractivity contribution >= 4 is 11.6 Å². The van der Waals surface area contributed by atoms with E-state index in [0.717, 1.165) is 23.5 Å². The molecule has 0 saturated heterocycles. The molecule has 2 heteroatoms. The minimum Gasteiger partial charge on any atom is -0.456 e. The third-order valence-electron chi connectivity index (χ3n) is 5.72. The smallest absolute Gasteiger partial charge is 0.134 e. The molecule has 1 aliphatic carbocycles. The molecular formula is C27H22OZr. The first-order chi connectivity index (χ1) is 13.7. The fraction of sp³-hybridized carbons (Fsp3) is 0.111. The van der Waals surface area contributed by atoms with Crippen LogP contribution in [0.2, 0.25) is 0 Å². The molecule has 140 valence electrons. The maximum Gasteiger partial charge on any atom is 0.134 e. The van der Waals surface area contributed by atoms with Crippen LogP contribution in [0.25, 0.3) is 34.1 Å². The Hall–Kier alpha value is -2.44. The quantitative estimate of drug-likeness (QED) is 0.317. The van der Waals surface area contributed by atoms with Crippen molar-refractivity contribution in [1.29, 1.82) is 0 Å². The molecule has 0 bridgehead atoms. The zero-order valence-electron chi connectivity index (χ0n) is 16.7. The van der Waals surface area contributed by atoms with E-state index in [1.165, 1.54) is 39.0 Å². The van der Waals surface area contributed by atoms with E-state index < -0.39 is 0 Å². The zero-order valence-corrected chi connectivity index (χ0v) is 19.2. The average Bonchev–Trinajstić information content (AvgIpc) is 3.37. The van der Waals surface area contributed by atoms with Crippen LogP contribution in [0.4, 0.5) is 0 Å². The number of hydrogen-bond donors (Lipinski definition) is 0. The number of fused-ring (bicyclic) bond motifs is 1. The summed E-state index contributed by atoms with van der Waals surface area (Å²) in [7, 11) is 0. The van der Waals surface area contributed by atoms with E-state index in [0.29, 0.717) is 0 Å². The third kappa shape index (κ3) is 3.63. The zero-order chi connectivity index (χ0) is 19.1. The molecule has 0 spiro atoms. The molecule has 29 heavy (non-hydrogen) atoms. The fourth-order valence-electron chi connectivity index (χ4n) is 4.15. The molecule has 5 rings (SSSR count). The summed E-state index contributed by atoms with van der Waals surface area (Å²) in [5, 5.41) is 0. The Morgan fingerprint density at radius 1 is 0.724 bits per heavy atom. The van der Waals surface area contributed by atoms with Gasteiger partial charge in [0.25, 0.3) is 0 Å². The molecule has 0 amide bonds. The molecule has 0 saturated carbocycles. The Labute approximate surface area is 191 Å². The van der Waals surface area contributed by atoms with E-state index in [-0.39, 0.29) is 26.2 Å². The van der Waals surface area contributed by atoms with Gasteiger partial charge < -0.3 is 4.42 Å². The summed E-state index contributed by atoms with van der Waals surface area (Å²) in [5.41, 5.74) is 10.4. The molecule has 1 heterocycles. The predicted octanol–water partition coefficient (Wildman–Crippen LogP) is 7.32. The van der Waals surface area contributed by atoms with Crippen LogP contribution in [-0.4, -0.2) is 0 Å².